The second-order valence-electron chi connectivity index (χ2n) is 5.95. The van der Waals surface area contributed by atoms with Gasteiger partial charge in [0.1, 0.15) is 5.75 Å². The first-order valence-corrected chi connectivity index (χ1v) is 8.18. The van der Waals surface area contributed by atoms with E-state index in [4.69, 9.17) is 4.74 Å². The fourth-order valence-electron chi connectivity index (χ4n) is 2.31. The van der Waals surface area contributed by atoms with Gasteiger partial charge in [0, 0.05) is 6.54 Å². The zero-order chi connectivity index (χ0) is 16.5. The monoisotopic (exact) mass is 311 g/mol. The van der Waals surface area contributed by atoms with Crippen molar-refractivity contribution in [3.8, 4) is 5.75 Å². The van der Waals surface area contributed by atoms with Gasteiger partial charge >= 0.3 is 0 Å². The molecular weight excluding hydrogens is 286 g/mol. The summed E-state index contributed by atoms with van der Waals surface area (Å²) in [5.74, 6) is 1.15. The zero-order valence-corrected chi connectivity index (χ0v) is 13.9. The van der Waals surface area contributed by atoms with E-state index >= 15 is 0 Å². The number of amides is 1. The Kier molecular flexibility index (Phi) is 6.67. The summed E-state index contributed by atoms with van der Waals surface area (Å²) in [6, 6.07) is 18.2. The molecule has 0 heterocycles. The Hall–Kier alpha value is -2.29. The molecule has 122 valence electrons. The van der Waals surface area contributed by atoms with Crippen LogP contribution in [0.5, 0.6) is 5.75 Å². The first-order valence-electron chi connectivity index (χ1n) is 8.18. The minimum atomic E-state index is -0.0778. The minimum Gasteiger partial charge on any atom is -0.484 e. The molecule has 0 aromatic heterocycles. The third-order valence-electron chi connectivity index (χ3n) is 3.72. The Balaban J connectivity index is 1.63. The smallest absolute Gasteiger partial charge is 0.257 e. The molecule has 1 amide bonds. The van der Waals surface area contributed by atoms with Crippen molar-refractivity contribution in [1.82, 2.24) is 5.32 Å². The van der Waals surface area contributed by atoms with Crippen molar-refractivity contribution in [3.63, 3.8) is 0 Å². The average molecular weight is 311 g/mol. The topological polar surface area (TPSA) is 38.3 Å². The van der Waals surface area contributed by atoms with E-state index in [1.807, 2.05) is 42.5 Å². The van der Waals surface area contributed by atoms with E-state index in [1.54, 1.807) is 0 Å². The molecule has 0 bridgehead atoms. The fraction of sp³-hybridized carbons (Fsp3) is 0.350. The van der Waals surface area contributed by atoms with Gasteiger partial charge in [-0.3, -0.25) is 4.79 Å². The van der Waals surface area contributed by atoms with E-state index in [-0.39, 0.29) is 12.5 Å². The second-order valence-corrected chi connectivity index (χ2v) is 5.95. The van der Waals surface area contributed by atoms with Crippen LogP contribution in [-0.4, -0.2) is 19.1 Å². The number of hydrogen-bond acceptors (Lipinski definition) is 2. The Morgan fingerprint density at radius 2 is 1.74 bits per heavy atom. The van der Waals surface area contributed by atoms with Crippen LogP contribution in [0, 0.1) is 0 Å². The molecule has 0 fully saturated rings. The van der Waals surface area contributed by atoms with Gasteiger partial charge in [0.25, 0.3) is 5.91 Å². The first kappa shape index (κ1) is 17.1. The van der Waals surface area contributed by atoms with Crippen molar-refractivity contribution in [3.05, 3.63) is 65.7 Å². The predicted molar refractivity (Wildman–Crippen MR) is 93.8 cm³/mol. The van der Waals surface area contributed by atoms with Crippen LogP contribution in [-0.2, 0) is 11.2 Å². The molecule has 0 spiro atoms. The first-order chi connectivity index (χ1) is 11.1. The summed E-state index contributed by atoms with van der Waals surface area (Å²) in [5.41, 5.74) is 2.56. The van der Waals surface area contributed by atoms with E-state index in [9.17, 15) is 4.79 Å². The molecule has 0 atom stereocenters. The molecule has 0 radical (unpaired) electrons. The molecule has 3 nitrogen and oxygen atoms in total. The van der Waals surface area contributed by atoms with E-state index < -0.39 is 0 Å². The van der Waals surface area contributed by atoms with Crippen molar-refractivity contribution in [2.24, 2.45) is 0 Å². The average Bonchev–Trinajstić information content (AvgIpc) is 2.58. The van der Waals surface area contributed by atoms with E-state index in [1.165, 1.54) is 11.1 Å². The Labute approximate surface area is 138 Å². The summed E-state index contributed by atoms with van der Waals surface area (Å²) in [6.45, 7) is 5.03. The quantitative estimate of drug-likeness (QED) is 0.750. The number of carbonyl (C=O) groups excluding carboxylic acids is 1. The van der Waals surface area contributed by atoms with Crippen LogP contribution in [0.2, 0.25) is 0 Å². The Morgan fingerprint density at radius 3 is 2.39 bits per heavy atom. The molecule has 2 rings (SSSR count). The molecule has 2 aromatic carbocycles. The molecule has 3 heteroatoms. The lowest BCUT2D eigenvalue weighted by atomic mass is 10.0. The van der Waals surface area contributed by atoms with E-state index in [0.717, 1.165) is 18.6 Å². The highest BCUT2D eigenvalue weighted by Crippen LogP contribution is 2.18. The third kappa shape index (κ3) is 6.15. The van der Waals surface area contributed by atoms with Crippen LogP contribution in [0.25, 0.3) is 0 Å². The predicted octanol–water partition coefficient (Wildman–Crippen LogP) is 3.94. The molecule has 0 unspecified atom stereocenters. The van der Waals surface area contributed by atoms with Crippen molar-refractivity contribution in [2.45, 2.75) is 32.6 Å². The molecule has 0 aliphatic rings. The lowest BCUT2D eigenvalue weighted by Gasteiger charge is -2.09. The maximum absolute atomic E-state index is 11.8. The van der Waals surface area contributed by atoms with Gasteiger partial charge in [0.15, 0.2) is 6.61 Å². The van der Waals surface area contributed by atoms with Crippen LogP contribution < -0.4 is 10.1 Å². The highest BCUT2D eigenvalue weighted by atomic mass is 16.5. The second kappa shape index (κ2) is 8.99. The number of nitrogens with one attached hydrogen (secondary N) is 1. The van der Waals surface area contributed by atoms with Gasteiger partial charge in [-0.25, -0.2) is 0 Å². The van der Waals surface area contributed by atoms with E-state index in [0.29, 0.717) is 12.5 Å². The summed E-state index contributed by atoms with van der Waals surface area (Å²) in [6.07, 6.45) is 1.90. The van der Waals surface area contributed by atoms with Crippen LogP contribution in [0.4, 0.5) is 0 Å². The number of hydrogen-bond donors (Lipinski definition) is 1. The van der Waals surface area contributed by atoms with Gasteiger partial charge in [0.2, 0.25) is 0 Å². The van der Waals surface area contributed by atoms with E-state index in [2.05, 4.69) is 31.3 Å². The van der Waals surface area contributed by atoms with Gasteiger partial charge in [-0.05, 0) is 42.0 Å². The van der Waals surface area contributed by atoms with Crippen molar-refractivity contribution in [1.29, 1.82) is 0 Å². The van der Waals surface area contributed by atoms with Crippen molar-refractivity contribution >= 4 is 5.91 Å². The maximum atomic E-state index is 11.8. The third-order valence-corrected chi connectivity index (χ3v) is 3.72. The minimum absolute atomic E-state index is 0.0619. The number of rotatable bonds is 8. The molecule has 0 saturated carbocycles. The molecule has 0 aliphatic carbocycles. The number of aryl methyl sites for hydroxylation is 1. The Bertz CT molecular complexity index is 591. The highest BCUT2D eigenvalue weighted by molar-refractivity contribution is 5.77. The van der Waals surface area contributed by atoms with Crippen molar-refractivity contribution < 1.29 is 9.53 Å². The molecular formula is C20H25NO2. The van der Waals surface area contributed by atoms with Crippen LogP contribution in [0.15, 0.2) is 54.6 Å². The lowest BCUT2D eigenvalue weighted by Crippen LogP contribution is -2.29. The summed E-state index contributed by atoms with van der Waals surface area (Å²) in [7, 11) is 0. The van der Waals surface area contributed by atoms with Gasteiger partial charge < -0.3 is 10.1 Å². The standard InChI is InChI=1S/C20H25NO2/c1-16(2)18-10-12-19(13-11-18)23-15-20(22)21-14-6-9-17-7-4-3-5-8-17/h3-5,7-8,10-13,16H,6,9,14-15H2,1-2H3,(H,21,22). The molecule has 0 saturated heterocycles. The largest absolute Gasteiger partial charge is 0.484 e. The van der Waals surface area contributed by atoms with Gasteiger partial charge in [-0.15, -0.1) is 0 Å². The summed E-state index contributed by atoms with van der Waals surface area (Å²) >= 11 is 0. The SMILES string of the molecule is CC(C)c1ccc(OCC(=O)NCCCc2ccccc2)cc1. The van der Waals surface area contributed by atoms with Crippen LogP contribution in [0.1, 0.15) is 37.3 Å². The van der Waals surface area contributed by atoms with Gasteiger partial charge in [0.05, 0.1) is 0 Å². The van der Waals surface area contributed by atoms with Crippen molar-refractivity contribution in [2.75, 3.05) is 13.2 Å². The molecule has 0 aliphatic heterocycles. The molecule has 2 aromatic rings. The molecule has 1 N–H and O–H groups in total. The zero-order valence-electron chi connectivity index (χ0n) is 13.9. The van der Waals surface area contributed by atoms with Crippen LogP contribution >= 0.6 is 0 Å². The lowest BCUT2D eigenvalue weighted by molar-refractivity contribution is -0.123. The summed E-state index contributed by atoms with van der Waals surface area (Å²) < 4.78 is 5.51. The molecule has 23 heavy (non-hydrogen) atoms. The highest BCUT2D eigenvalue weighted by Gasteiger charge is 2.03. The normalized spacial score (nSPS) is 10.6. The number of benzene rings is 2. The number of carbonyl (C=O) groups is 1. The maximum Gasteiger partial charge on any atom is 0.257 e. The number of ether oxygens (including phenoxy) is 1. The summed E-state index contributed by atoms with van der Waals surface area (Å²) in [5, 5.41) is 2.89. The van der Waals surface area contributed by atoms with Crippen LogP contribution in [0.3, 0.4) is 0 Å². The fourth-order valence-corrected chi connectivity index (χ4v) is 2.31. The summed E-state index contributed by atoms with van der Waals surface area (Å²) in [4.78, 5) is 11.8. The van der Waals surface area contributed by atoms with Gasteiger partial charge in [-0.2, -0.15) is 0 Å². The van der Waals surface area contributed by atoms with Gasteiger partial charge in [-0.1, -0.05) is 56.3 Å². The Morgan fingerprint density at radius 1 is 1.04 bits per heavy atom.